The number of hydrogen-bond donors (Lipinski definition) is 1. The third-order valence-electron chi connectivity index (χ3n) is 3.58. The molecule has 2 aromatic rings. The molecule has 0 spiro atoms. The van der Waals surface area contributed by atoms with Crippen molar-refractivity contribution in [3.05, 3.63) is 41.4 Å². The molecule has 1 N–H and O–H groups in total. The molecular formula is C15H20ClN3S. The van der Waals surface area contributed by atoms with Gasteiger partial charge in [-0.25, -0.2) is 4.98 Å². The number of piperazine rings is 1. The number of nitrogens with one attached hydrogen (secondary N) is 1. The largest absolute Gasteiger partial charge is 0.314 e. The van der Waals surface area contributed by atoms with E-state index in [2.05, 4.69) is 46.8 Å². The predicted octanol–water partition coefficient (Wildman–Crippen LogP) is 3.03. The van der Waals surface area contributed by atoms with Gasteiger partial charge in [-0.1, -0.05) is 30.3 Å². The Hall–Kier alpha value is -0.940. The van der Waals surface area contributed by atoms with E-state index in [0.29, 0.717) is 6.04 Å². The number of nitrogens with zero attached hydrogens (tertiary/aromatic N) is 2. The molecule has 3 rings (SSSR count). The third-order valence-corrected chi connectivity index (χ3v) is 4.52. The summed E-state index contributed by atoms with van der Waals surface area (Å²) < 4.78 is 0. The van der Waals surface area contributed by atoms with Gasteiger partial charge in [-0.15, -0.1) is 23.7 Å². The SMILES string of the molecule is CC1CNCCN1Cc1csc(-c2ccccc2)n1.Cl. The first-order valence-electron chi connectivity index (χ1n) is 6.77. The molecular weight excluding hydrogens is 290 g/mol. The molecule has 1 unspecified atom stereocenters. The summed E-state index contributed by atoms with van der Waals surface area (Å²) in [6.07, 6.45) is 0. The van der Waals surface area contributed by atoms with Crippen molar-refractivity contribution in [2.75, 3.05) is 19.6 Å². The maximum atomic E-state index is 4.77. The van der Waals surface area contributed by atoms with Gasteiger partial charge in [-0.05, 0) is 6.92 Å². The minimum atomic E-state index is 0. The fourth-order valence-electron chi connectivity index (χ4n) is 2.42. The summed E-state index contributed by atoms with van der Waals surface area (Å²) >= 11 is 1.74. The van der Waals surface area contributed by atoms with Crippen molar-refractivity contribution in [3.63, 3.8) is 0 Å². The summed E-state index contributed by atoms with van der Waals surface area (Å²) in [5.41, 5.74) is 2.41. The van der Waals surface area contributed by atoms with Crippen LogP contribution in [0.3, 0.4) is 0 Å². The smallest absolute Gasteiger partial charge is 0.123 e. The second-order valence-electron chi connectivity index (χ2n) is 5.03. The molecule has 3 nitrogen and oxygen atoms in total. The molecule has 0 saturated carbocycles. The van der Waals surface area contributed by atoms with E-state index in [1.54, 1.807) is 11.3 Å². The molecule has 1 saturated heterocycles. The highest BCUT2D eigenvalue weighted by atomic mass is 35.5. The molecule has 0 bridgehead atoms. The van der Waals surface area contributed by atoms with E-state index < -0.39 is 0 Å². The topological polar surface area (TPSA) is 28.2 Å². The van der Waals surface area contributed by atoms with Gasteiger partial charge in [0.2, 0.25) is 0 Å². The lowest BCUT2D eigenvalue weighted by molar-refractivity contribution is 0.164. The van der Waals surface area contributed by atoms with Crippen LogP contribution in [0.25, 0.3) is 10.6 Å². The van der Waals surface area contributed by atoms with Gasteiger partial charge < -0.3 is 5.32 Å². The van der Waals surface area contributed by atoms with E-state index in [1.165, 1.54) is 11.3 Å². The van der Waals surface area contributed by atoms with Crippen molar-refractivity contribution in [2.45, 2.75) is 19.5 Å². The molecule has 1 aromatic heterocycles. The number of benzene rings is 1. The van der Waals surface area contributed by atoms with Crippen molar-refractivity contribution in [2.24, 2.45) is 0 Å². The van der Waals surface area contributed by atoms with Crippen LogP contribution in [0, 0.1) is 0 Å². The van der Waals surface area contributed by atoms with Crippen molar-refractivity contribution < 1.29 is 0 Å². The summed E-state index contributed by atoms with van der Waals surface area (Å²) in [4.78, 5) is 7.27. The second-order valence-corrected chi connectivity index (χ2v) is 5.89. The number of rotatable bonds is 3. The molecule has 0 radical (unpaired) electrons. The van der Waals surface area contributed by atoms with Crippen LogP contribution in [0.5, 0.6) is 0 Å². The van der Waals surface area contributed by atoms with E-state index in [1.807, 2.05) is 6.07 Å². The fraction of sp³-hybridized carbons (Fsp3) is 0.400. The van der Waals surface area contributed by atoms with Crippen LogP contribution in [-0.2, 0) is 6.54 Å². The first-order chi connectivity index (χ1) is 9.33. The Balaban J connectivity index is 0.00000147. The highest BCUT2D eigenvalue weighted by Gasteiger charge is 2.18. The van der Waals surface area contributed by atoms with E-state index in [0.717, 1.165) is 31.2 Å². The number of halogens is 1. The van der Waals surface area contributed by atoms with Crippen LogP contribution in [0.4, 0.5) is 0 Å². The van der Waals surface area contributed by atoms with Crippen LogP contribution in [0.15, 0.2) is 35.7 Å². The standard InChI is InChI=1S/C15H19N3S.ClH/c1-12-9-16-7-8-18(12)10-14-11-19-15(17-14)13-5-3-2-4-6-13;/h2-6,11-12,16H,7-10H2,1H3;1H. The zero-order valence-corrected chi connectivity index (χ0v) is 13.2. The van der Waals surface area contributed by atoms with Gasteiger partial charge >= 0.3 is 0 Å². The van der Waals surface area contributed by atoms with E-state index >= 15 is 0 Å². The second kappa shape index (κ2) is 7.18. The van der Waals surface area contributed by atoms with Gasteiger partial charge in [-0.3, -0.25) is 4.90 Å². The number of hydrogen-bond acceptors (Lipinski definition) is 4. The highest BCUT2D eigenvalue weighted by molar-refractivity contribution is 7.13. The lowest BCUT2D eigenvalue weighted by atomic mass is 10.2. The number of aromatic nitrogens is 1. The van der Waals surface area contributed by atoms with E-state index in [9.17, 15) is 0 Å². The first-order valence-corrected chi connectivity index (χ1v) is 7.65. The number of thiazole rings is 1. The van der Waals surface area contributed by atoms with Gasteiger partial charge in [0.15, 0.2) is 0 Å². The molecule has 5 heteroatoms. The van der Waals surface area contributed by atoms with Crippen LogP contribution in [-0.4, -0.2) is 35.6 Å². The maximum Gasteiger partial charge on any atom is 0.123 e. The summed E-state index contributed by atoms with van der Waals surface area (Å²) in [6.45, 7) is 6.51. The zero-order chi connectivity index (χ0) is 13.1. The average molecular weight is 310 g/mol. The Morgan fingerprint density at radius 2 is 2.15 bits per heavy atom. The summed E-state index contributed by atoms with van der Waals surface area (Å²) in [7, 11) is 0. The van der Waals surface area contributed by atoms with Gasteiger partial charge in [0.1, 0.15) is 5.01 Å². The molecule has 108 valence electrons. The van der Waals surface area contributed by atoms with Gasteiger partial charge in [0.25, 0.3) is 0 Å². The van der Waals surface area contributed by atoms with E-state index in [-0.39, 0.29) is 12.4 Å². The molecule has 0 amide bonds. The molecule has 2 heterocycles. The Kier molecular flexibility index (Phi) is 5.54. The van der Waals surface area contributed by atoms with Crippen molar-refractivity contribution in [1.29, 1.82) is 0 Å². The minimum absolute atomic E-state index is 0. The Bertz CT molecular complexity index is 529. The highest BCUT2D eigenvalue weighted by Crippen LogP contribution is 2.24. The molecule has 1 aliphatic heterocycles. The van der Waals surface area contributed by atoms with Crippen LogP contribution in [0.1, 0.15) is 12.6 Å². The average Bonchev–Trinajstić information content (AvgIpc) is 2.91. The van der Waals surface area contributed by atoms with Gasteiger partial charge in [-0.2, -0.15) is 0 Å². The van der Waals surface area contributed by atoms with Crippen LogP contribution < -0.4 is 5.32 Å². The van der Waals surface area contributed by atoms with Crippen molar-refractivity contribution >= 4 is 23.7 Å². The maximum absolute atomic E-state index is 4.77. The summed E-state index contributed by atoms with van der Waals surface area (Å²) in [5, 5.41) is 6.74. The molecule has 0 aliphatic carbocycles. The molecule has 1 aliphatic rings. The Morgan fingerprint density at radius 3 is 2.90 bits per heavy atom. The molecule has 1 fully saturated rings. The van der Waals surface area contributed by atoms with Gasteiger partial charge in [0.05, 0.1) is 5.69 Å². The third kappa shape index (κ3) is 3.58. The zero-order valence-electron chi connectivity index (χ0n) is 11.6. The lowest BCUT2D eigenvalue weighted by Crippen LogP contribution is -2.49. The molecule has 1 atom stereocenters. The van der Waals surface area contributed by atoms with E-state index in [4.69, 9.17) is 4.98 Å². The summed E-state index contributed by atoms with van der Waals surface area (Å²) in [6, 6.07) is 11.0. The monoisotopic (exact) mass is 309 g/mol. The summed E-state index contributed by atoms with van der Waals surface area (Å²) in [5.74, 6) is 0. The normalized spacial score (nSPS) is 19.6. The lowest BCUT2D eigenvalue weighted by Gasteiger charge is -2.33. The van der Waals surface area contributed by atoms with Crippen molar-refractivity contribution in [3.8, 4) is 10.6 Å². The first kappa shape index (κ1) is 15.4. The van der Waals surface area contributed by atoms with Crippen LogP contribution >= 0.6 is 23.7 Å². The molecule has 20 heavy (non-hydrogen) atoms. The van der Waals surface area contributed by atoms with Crippen LogP contribution in [0.2, 0.25) is 0 Å². The predicted molar refractivity (Wildman–Crippen MR) is 87.5 cm³/mol. The molecule has 1 aromatic carbocycles. The minimum Gasteiger partial charge on any atom is -0.314 e. The van der Waals surface area contributed by atoms with Crippen molar-refractivity contribution in [1.82, 2.24) is 15.2 Å². The van der Waals surface area contributed by atoms with Gasteiger partial charge in [0, 0.05) is 43.2 Å². The quantitative estimate of drug-likeness (QED) is 0.944. The Labute approximate surface area is 130 Å². The fourth-order valence-corrected chi connectivity index (χ4v) is 3.24. The Morgan fingerprint density at radius 1 is 1.35 bits per heavy atom.